The second-order valence-electron chi connectivity index (χ2n) is 5.99. The van der Waals surface area contributed by atoms with E-state index in [0.29, 0.717) is 28.2 Å². The van der Waals surface area contributed by atoms with E-state index in [2.05, 4.69) is 15.5 Å². The van der Waals surface area contributed by atoms with E-state index in [1.165, 1.54) is 0 Å². The van der Waals surface area contributed by atoms with Gasteiger partial charge in [0.2, 0.25) is 0 Å². The molecule has 3 aromatic carbocycles. The first-order chi connectivity index (χ1) is 13.3. The van der Waals surface area contributed by atoms with Gasteiger partial charge in [0.15, 0.2) is 0 Å². The van der Waals surface area contributed by atoms with Crippen LogP contribution >= 0.6 is 0 Å². The van der Waals surface area contributed by atoms with Gasteiger partial charge in [0, 0.05) is 22.7 Å². The number of anilines is 1. The average molecular weight is 355 g/mol. The summed E-state index contributed by atoms with van der Waals surface area (Å²) >= 11 is 0. The molecule has 1 N–H and O–H groups in total. The minimum atomic E-state index is -0.242. The van der Waals surface area contributed by atoms with Crippen LogP contribution in [-0.2, 0) is 0 Å². The number of carbonyl (C=O) groups excluding carboxylic acids is 1. The third kappa shape index (κ3) is 3.35. The van der Waals surface area contributed by atoms with Crippen LogP contribution in [0.15, 0.2) is 78.9 Å². The lowest BCUT2D eigenvalue weighted by atomic mass is 10.0. The number of nitrogens with zero attached hydrogens (tertiary/aromatic N) is 2. The van der Waals surface area contributed by atoms with E-state index in [9.17, 15) is 4.79 Å². The monoisotopic (exact) mass is 355 g/mol. The summed E-state index contributed by atoms with van der Waals surface area (Å²) in [5, 5.41) is 12.3. The molecule has 0 bridgehead atoms. The van der Waals surface area contributed by atoms with Gasteiger partial charge in [0.25, 0.3) is 5.91 Å². The molecule has 1 aromatic heterocycles. The van der Waals surface area contributed by atoms with E-state index in [1.807, 2.05) is 72.8 Å². The molecular weight excluding hydrogens is 338 g/mol. The highest BCUT2D eigenvalue weighted by Crippen LogP contribution is 2.28. The van der Waals surface area contributed by atoms with E-state index in [1.54, 1.807) is 13.2 Å². The van der Waals surface area contributed by atoms with Gasteiger partial charge in [0.05, 0.1) is 18.2 Å². The standard InChI is InChI=1S/C22H17N3O2/c1-27-17-11-7-10-16(14-17)23-22(26)20-18-12-5-6-13-19(18)24-25-21(20)15-8-3-2-4-9-15/h2-14H,1H3,(H,23,26). The Morgan fingerprint density at radius 2 is 1.67 bits per heavy atom. The molecule has 132 valence electrons. The number of nitrogens with one attached hydrogen (secondary N) is 1. The van der Waals surface area contributed by atoms with Crippen molar-refractivity contribution < 1.29 is 9.53 Å². The Morgan fingerprint density at radius 3 is 2.48 bits per heavy atom. The highest BCUT2D eigenvalue weighted by atomic mass is 16.5. The summed E-state index contributed by atoms with van der Waals surface area (Å²) in [6.45, 7) is 0. The number of fused-ring (bicyclic) bond motifs is 1. The molecule has 0 atom stereocenters. The van der Waals surface area contributed by atoms with Crippen LogP contribution in [0.25, 0.3) is 22.2 Å². The maximum Gasteiger partial charge on any atom is 0.258 e. The van der Waals surface area contributed by atoms with Gasteiger partial charge >= 0.3 is 0 Å². The van der Waals surface area contributed by atoms with Gasteiger partial charge in [-0.05, 0) is 18.2 Å². The van der Waals surface area contributed by atoms with E-state index >= 15 is 0 Å². The Kier molecular flexibility index (Phi) is 4.49. The number of hydrogen-bond donors (Lipinski definition) is 1. The van der Waals surface area contributed by atoms with Crippen molar-refractivity contribution in [3.63, 3.8) is 0 Å². The summed E-state index contributed by atoms with van der Waals surface area (Å²) in [7, 11) is 1.59. The third-order valence-corrected chi connectivity index (χ3v) is 4.27. The van der Waals surface area contributed by atoms with Gasteiger partial charge in [0.1, 0.15) is 11.4 Å². The quantitative estimate of drug-likeness (QED) is 0.583. The molecular formula is C22H17N3O2. The number of methoxy groups -OCH3 is 1. The third-order valence-electron chi connectivity index (χ3n) is 4.27. The Hall–Kier alpha value is -3.73. The smallest absolute Gasteiger partial charge is 0.258 e. The molecule has 4 aromatic rings. The van der Waals surface area contributed by atoms with Gasteiger partial charge in [-0.25, -0.2) is 0 Å². The molecule has 0 aliphatic heterocycles. The van der Waals surface area contributed by atoms with Crippen LogP contribution in [0.2, 0.25) is 0 Å². The number of ether oxygens (including phenoxy) is 1. The molecule has 0 unspecified atom stereocenters. The molecule has 0 radical (unpaired) electrons. The fourth-order valence-corrected chi connectivity index (χ4v) is 2.98. The Balaban J connectivity index is 1.84. The van der Waals surface area contributed by atoms with E-state index < -0.39 is 0 Å². The first-order valence-electron chi connectivity index (χ1n) is 8.52. The first-order valence-corrected chi connectivity index (χ1v) is 8.52. The van der Waals surface area contributed by atoms with Crippen molar-refractivity contribution in [2.45, 2.75) is 0 Å². The lowest BCUT2D eigenvalue weighted by Crippen LogP contribution is -2.15. The minimum absolute atomic E-state index is 0.242. The van der Waals surface area contributed by atoms with Crippen molar-refractivity contribution in [3.8, 4) is 17.0 Å². The zero-order valence-electron chi connectivity index (χ0n) is 14.7. The zero-order valence-corrected chi connectivity index (χ0v) is 14.7. The number of hydrogen-bond acceptors (Lipinski definition) is 4. The van der Waals surface area contributed by atoms with Crippen molar-refractivity contribution >= 4 is 22.5 Å². The van der Waals surface area contributed by atoms with Crippen LogP contribution in [0.3, 0.4) is 0 Å². The lowest BCUT2D eigenvalue weighted by molar-refractivity contribution is 0.102. The summed E-state index contributed by atoms with van der Waals surface area (Å²) in [4.78, 5) is 13.2. The Bertz CT molecular complexity index is 1110. The van der Waals surface area contributed by atoms with Crippen LogP contribution in [-0.4, -0.2) is 23.2 Å². The fraction of sp³-hybridized carbons (Fsp3) is 0.0455. The summed E-state index contributed by atoms with van der Waals surface area (Å²) in [5.41, 5.74) is 3.21. The maximum absolute atomic E-state index is 13.2. The molecule has 27 heavy (non-hydrogen) atoms. The summed E-state index contributed by atoms with van der Waals surface area (Å²) in [6.07, 6.45) is 0. The highest BCUT2D eigenvalue weighted by Gasteiger charge is 2.19. The van der Waals surface area contributed by atoms with Crippen LogP contribution in [0.4, 0.5) is 5.69 Å². The fourth-order valence-electron chi connectivity index (χ4n) is 2.98. The highest BCUT2D eigenvalue weighted by molar-refractivity contribution is 6.15. The van der Waals surface area contributed by atoms with Gasteiger partial charge in [-0.15, -0.1) is 10.2 Å². The molecule has 5 heteroatoms. The molecule has 0 fully saturated rings. The molecule has 5 nitrogen and oxygen atoms in total. The molecule has 0 saturated carbocycles. The summed E-state index contributed by atoms with van der Waals surface area (Å²) in [6, 6.07) is 24.3. The molecule has 0 saturated heterocycles. The number of rotatable bonds is 4. The predicted octanol–water partition coefficient (Wildman–Crippen LogP) is 4.56. The molecule has 0 aliphatic rings. The SMILES string of the molecule is COc1cccc(NC(=O)c2c(-c3ccccc3)nnc3ccccc23)c1. The lowest BCUT2D eigenvalue weighted by Gasteiger charge is -2.12. The number of amides is 1. The Morgan fingerprint density at radius 1 is 0.889 bits per heavy atom. The number of benzene rings is 3. The van der Waals surface area contributed by atoms with Crippen LogP contribution in [0.5, 0.6) is 5.75 Å². The largest absolute Gasteiger partial charge is 0.497 e. The normalized spacial score (nSPS) is 10.6. The summed E-state index contributed by atoms with van der Waals surface area (Å²) in [5.74, 6) is 0.432. The van der Waals surface area contributed by atoms with Crippen LogP contribution < -0.4 is 10.1 Å². The second kappa shape index (κ2) is 7.25. The molecule has 1 amide bonds. The molecule has 0 spiro atoms. The van der Waals surface area contributed by atoms with Gasteiger partial charge in [-0.2, -0.15) is 0 Å². The molecule has 4 rings (SSSR count). The van der Waals surface area contributed by atoms with Gasteiger partial charge in [-0.3, -0.25) is 4.79 Å². The average Bonchev–Trinajstić information content (AvgIpc) is 2.73. The molecule has 0 aliphatic carbocycles. The van der Waals surface area contributed by atoms with E-state index in [-0.39, 0.29) is 5.91 Å². The number of aromatic nitrogens is 2. The van der Waals surface area contributed by atoms with E-state index in [4.69, 9.17) is 4.74 Å². The van der Waals surface area contributed by atoms with Crippen molar-refractivity contribution in [3.05, 3.63) is 84.4 Å². The van der Waals surface area contributed by atoms with Crippen molar-refractivity contribution in [2.75, 3.05) is 12.4 Å². The van der Waals surface area contributed by atoms with Crippen molar-refractivity contribution in [1.82, 2.24) is 10.2 Å². The summed E-state index contributed by atoms with van der Waals surface area (Å²) < 4.78 is 5.23. The number of carbonyl (C=O) groups is 1. The topological polar surface area (TPSA) is 64.1 Å². The minimum Gasteiger partial charge on any atom is -0.497 e. The van der Waals surface area contributed by atoms with E-state index in [0.717, 1.165) is 10.9 Å². The predicted molar refractivity (Wildman–Crippen MR) is 106 cm³/mol. The Labute approximate surface area is 156 Å². The van der Waals surface area contributed by atoms with Gasteiger partial charge < -0.3 is 10.1 Å². The maximum atomic E-state index is 13.2. The second-order valence-corrected chi connectivity index (χ2v) is 5.99. The zero-order chi connectivity index (χ0) is 18.6. The van der Waals surface area contributed by atoms with Crippen LogP contribution in [0, 0.1) is 0 Å². The molecule has 1 heterocycles. The van der Waals surface area contributed by atoms with Crippen LogP contribution in [0.1, 0.15) is 10.4 Å². The van der Waals surface area contributed by atoms with Crippen molar-refractivity contribution in [1.29, 1.82) is 0 Å². The first kappa shape index (κ1) is 16.7. The van der Waals surface area contributed by atoms with Crippen molar-refractivity contribution in [2.24, 2.45) is 0 Å². The van der Waals surface area contributed by atoms with Gasteiger partial charge in [-0.1, -0.05) is 54.6 Å².